The van der Waals surface area contributed by atoms with E-state index in [4.69, 9.17) is 4.74 Å². The minimum Gasteiger partial charge on any atom is -0.495 e. The minimum atomic E-state index is -3.67. The third-order valence-corrected chi connectivity index (χ3v) is 5.12. The molecule has 0 spiro atoms. The lowest BCUT2D eigenvalue weighted by Crippen LogP contribution is -2.38. The van der Waals surface area contributed by atoms with Gasteiger partial charge in [-0.2, -0.15) is 0 Å². The lowest BCUT2D eigenvalue weighted by molar-refractivity contribution is -0.119. The van der Waals surface area contributed by atoms with Crippen molar-refractivity contribution in [1.82, 2.24) is 10.0 Å². The Hall–Kier alpha value is -1.60. The maximum absolute atomic E-state index is 12.4. The quantitative estimate of drug-likeness (QED) is 0.845. The van der Waals surface area contributed by atoms with Crippen LogP contribution in [0.5, 0.6) is 5.75 Å². The van der Waals surface area contributed by atoms with Crippen LogP contribution < -0.4 is 14.8 Å². The number of nitrogens with one attached hydrogen (secondary N) is 2. The van der Waals surface area contributed by atoms with Crippen molar-refractivity contribution >= 4 is 15.9 Å². The van der Waals surface area contributed by atoms with Gasteiger partial charge in [-0.05, 0) is 43.5 Å². The number of benzene rings is 1. The van der Waals surface area contributed by atoms with E-state index in [2.05, 4.69) is 10.0 Å². The van der Waals surface area contributed by atoms with Crippen LogP contribution in [0.4, 0.5) is 0 Å². The van der Waals surface area contributed by atoms with Gasteiger partial charge in [0.1, 0.15) is 10.6 Å². The predicted octanol–water partition coefficient (Wildman–Crippen LogP) is 0.869. The molecule has 1 unspecified atom stereocenters. The number of hydrogen-bond donors (Lipinski definition) is 2. The molecule has 0 radical (unpaired) electrons. The smallest absolute Gasteiger partial charge is 0.244 e. The van der Waals surface area contributed by atoms with Gasteiger partial charge in [0.05, 0.1) is 7.11 Å². The molecule has 0 bridgehead atoms. The van der Waals surface area contributed by atoms with Crippen LogP contribution in [-0.2, 0) is 14.8 Å². The molecule has 2 N–H and O–H groups in total. The van der Waals surface area contributed by atoms with Gasteiger partial charge in [-0.25, -0.2) is 13.1 Å². The van der Waals surface area contributed by atoms with Crippen LogP contribution in [-0.4, -0.2) is 34.0 Å². The molecule has 6 nitrogen and oxygen atoms in total. The van der Waals surface area contributed by atoms with Crippen LogP contribution in [0.15, 0.2) is 17.0 Å². The molecule has 2 rings (SSSR count). The lowest BCUT2D eigenvalue weighted by atomic mass is 10.1. The average molecular weight is 312 g/mol. The van der Waals surface area contributed by atoms with Crippen LogP contribution in [0.3, 0.4) is 0 Å². The van der Waals surface area contributed by atoms with Crippen LogP contribution >= 0.6 is 0 Å². The number of sulfonamides is 1. The van der Waals surface area contributed by atoms with Crippen LogP contribution in [0.2, 0.25) is 0 Å². The monoisotopic (exact) mass is 312 g/mol. The van der Waals surface area contributed by atoms with E-state index >= 15 is 0 Å². The number of amides is 1. The van der Waals surface area contributed by atoms with Gasteiger partial charge in [0, 0.05) is 19.0 Å². The van der Waals surface area contributed by atoms with Gasteiger partial charge in [-0.15, -0.1) is 0 Å². The van der Waals surface area contributed by atoms with Crippen molar-refractivity contribution in [2.75, 3.05) is 13.7 Å². The van der Waals surface area contributed by atoms with Gasteiger partial charge in [0.2, 0.25) is 15.9 Å². The van der Waals surface area contributed by atoms with Gasteiger partial charge in [0.25, 0.3) is 0 Å². The van der Waals surface area contributed by atoms with Gasteiger partial charge < -0.3 is 10.1 Å². The average Bonchev–Trinajstić information content (AvgIpc) is 2.85. The molecule has 116 valence electrons. The number of aryl methyl sites for hydroxylation is 2. The Labute approximate surface area is 124 Å². The summed E-state index contributed by atoms with van der Waals surface area (Å²) in [7, 11) is -2.23. The maximum atomic E-state index is 12.4. The highest BCUT2D eigenvalue weighted by Gasteiger charge is 2.25. The van der Waals surface area contributed by atoms with Crippen molar-refractivity contribution in [1.29, 1.82) is 0 Å². The molecule has 1 aliphatic heterocycles. The van der Waals surface area contributed by atoms with E-state index in [1.54, 1.807) is 12.1 Å². The molecular weight excluding hydrogens is 292 g/mol. The van der Waals surface area contributed by atoms with Crippen LogP contribution in [0.25, 0.3) is 0 Å². The summed E-state index contributed by atoms with van der Waals surface area (Å²) in [6.07, 6.45) is 1.09. The topological polar surface area (TPSA) is 84.5 Å². The van der Waals surface area contributed by atoms with Gasteiger partial charge in [-0.3, -0.25) is 4.79 Å². The Kier molecular flexibility index (Phi) is 4.53. The fourth-order valence-electron chi connectivity index (χ4n) is 2.25. The molecule has 1 amide bonds. The molecule has 7 heteroatoms. The summed E-state index contributed by atoms with van der Waals surface area (Å²) in [6, 6.07) is 3.16. The Bertz CT molecular complexity index is 655. The highest BCUT2D eigenvalue weighted by molar-refractivity contribution is 7.89. The van der Waals surface area contributed by atoms with Gasteiger partial charge in [-0.1, -0.05) is 0 Å². The zero-order valence-electron chi connectivity index (χ0n) is 12.4. The second-order valence-electron chi connectivity index (χ2n) is 5.24. The first-order valence-corrected chi connectivity index (χ1v) is 8.26. The Balaban J connectivity index is 2.19. The SMILES string of the molecule is COc1cc(C)c(C)cc1S(=O)(=O)NCC1CCC(=O)N1. The van der Waals surface area contributed by atoms with E-state index in [0.717, 1.165) is 11.1 Å². The maximum Gasteiger partial charge on any atom is 0.244 e. The molecule has 1 saturated heterocycles. The highest BCUT2D eigenvalue weighted by atomic mass is 32.2. The molecule has 0 saturated carbocycles. The van der Waals surface area contributed by atoms with Crippen molar-refractivity contribution in [3.8, 4) is 5.75 Å². The molecule has 1 aromatic rings. The first-order chi connectivity index (χ1) is 9.83. The standard InChI is InChI=1S/C14H20N2O4S/c1-9-6-12(20-3)13(7-10(9)2)21(18,19)15-8-11-4-5-14(17)16-11/h6-7,11,15H,4-5,8H2,1-3H3,(H,16,17). The molecule has 1 aliphatic rings. The summed E-state index contributed by atoms with van der Waals surface area (Å²) >= 11 is 0. The van der Waals surface area contributed by atoms with E-state index in [1.807, 2.05) is 13.8 Å². The zero-order chi connectivity index (χ0) is 15.6. The Morgan fingerprint density at radius 2 is 2.00 bits per heavy atom. The summed E-state index contributed by atoms with van der Waals surface area (Å²) in [6.45, 7) is 3.94. The number of ether oxygens (including phenoxy) is 1. The third-order valence-electron chi connectivity index (χ3n) is 3.67. The van der Waals surface area contributed by atoms with Crippen molar-refractivity contribution < 1.29 is 17.9 Å². The first-order valence-electron chi connectivity index (χ1n) is 6.78. The summed E-state index contributed by atoms with van der Waals surface area (Å²) in [5, 5.41) is 2.73. The second kappa shape index (κ2) is 6.03. The van der Waals surface area contributed by atoms with Crippen LogP contribution in [0.1, 0.15) is 24.0 Å². The first kappa shape index (κ1) is 15.8. The summed E-state index contributed by atoms with van der Waals surface area (Å²) < 4.78 is 32.5. The number of hydrogen-bond acceptors (Lipinski definition) is 4. The molecule has 0 aromatic heterocycles. The molecule has 0 aliphatic carbocycles. The van der Waals surface area contributed by atoms with Crippen molar-refractivity contribution in [2.24, 2.45) is 0 Å². The fraction of sp³-hybridized carbons (Fsp3) is 0.500. The van der Waals surface area contributed by atoms with Gasteiger partial charge in [0.15, 0.2) is 0 Å². The Morgan fingerprint density at radius 1 is 1.33 bits per heavy atom. The summed E-state index contributed by atoms with van der Waals surface area (Å²) in [5.74, 6) is 0.281. The minimum absolute atomic E-state index is 0.0389. The van der Waals surface area contributed by atoms with E-state index < -0.39 is 10.0 Å². The van der Waals surface area contributed by atoms with E-state index in [-0.39, 0.29) is 23.4 Å². The summed E-state index contributed by atoms with van der Waals surface area (Å²) in [4.78, 5) is 11.2. The highest BCUT2D eigenvalue weighted by Crippen LogP contribution is 2.27. The van der Waals surface area contributed by atoms with E-state index in [0.29, 0.717) is 18.6 Å². The van der Waals surface area contributed by atoms with Crippen molar-refractivity contribution in [3.63, 3.8) is 0 Å². The zero-order valence-corrected chi connectivity index (χ0v) is 13.2. The molecule has 1 atom stereocenters. The van der Waals surface area contributed by atoms with Crippen LogP contribution in [0, 0.1) is 13.8 Å². The van der Waals surface area contributed by atoms with E-state index in [1.165, 1.54) is 7.11 Å². The van der Waals surface area contributed by atoms with Crippen molar-refractivity contribution in [3.05, 3.63) is 23.3 Å². The number of carbonyl (C=O) groups excluding carboxylic acids is 1. The largest absolute Gasteiger partial charge is 0.495 e. The normalized spacial score (nSPS) is 18.6. The third kappa shape index (κ3) is 3.54. The number of methoxy groups -OCH3 is 1. The van der Waals surface area contributed by atoms with Gasteiger partial charge >= 0.3 is 0 Å². The number of carbonyl (C=O) groups is 1. The molecule has 21 heavy (non-hydrogen) atoms. The van der Waals surface area contributed by atoms with Crippen molar-refractivity contribution in [2.45, 2.75) is 37.6 Å². The Morgan fingerprint density at radius 3 is 2.57 bits per heavy atom. The summed E-state index contributed by atoms with van der Waals surface area (Å²) in [5.41, 5.74) is 1.85. The fourth-order valence-corrected chi connectivity index (χ4v) is 3.57. The molecule has 1 fully saturated rings. The predicted molar refractivity (Wildman–Crippen MR) is 78.8 cm³/mol. The lowest BCUT2D eigenvalue weighted by Gasteiger charge is -2.15. The molecular formula is C14H20N2O4S. The molecule has 1 heterocycles. The second-order valence-corrected chi connectivity index (χ2v) is 6.98. The molecule has 1 aromatic carbocycles. The van der Waals surface area contributed by atoms with E-state index in [9.17, 15) is 13.2 Å². The number of rotatable bonds is 5.